The molecule has 1 heterocycles. The van der Waals surface area contributed by atoms with Gasteiger partial charge >= 0.3 is 5.97 Å². The maximum absolute atomic E-state index is 11.6. The van der Waals surface area contributed by atoms with Gasteiger partial charge in [0.25, 0.3) is 0 Å². The van der Waals surface area contributed by atoms with Gasteiger partial charge in [-0.2, -0.15) is 4.98 Å². The maximum Gasteiger partial charge on any atom is 0.314 e. The van der Waals surface area contributed by atoms with Crippen molar-refractivity contribution in [2.75, 3.05) is 7.11 Å². The van der Waals surface area contributed by atoms with Crippen LogP contribution < -0.4 is 4.74 Å². The van der Waals surface area contributed by atoms with E-state index in [9.17, 15) is 9.90 Å². The van der Waals surface area contributed by atoms with Crippen LogP contribution in [-0.4, -0.2) is 28.2 Å². The molecule has 0 saturated heterocycles. The number of carbonyl (C=O) groups is 1. The standard InChI is InChI=1S/C15H15BrN2O3/c1-9-6-13(21-2)18-14(17-9)12(15(19)20)8-10-4-3-5-11(16)7-10/h3-7,12H,8H2,1-2H3,(H,19,20). The van der Waals surface area contributed by atoms with Crippen LogP contribution in [0.25, 0.3) is 0 Å². The van der Waals surface area contributed by atoms with Crippen molar-refractivity contribution in [1.29, 1.82) is 0 Å². The van der Waals surface area contributed by atoms with Gasteiger partial charge in [-0.25, -0.2) is 4.98 Å². The van der Waals surface area contributed by atoms with Crippen molar-refractivity contribution in [1.82, 2.24) is 9.97 Å². The number of methoxy groups -OCH3 is 1. The van der Waals surface area contributed by atoms with Gasteiger partial charge in [0.2, 0.25) is 5.88 Å². The molecule has 1 unspecified atom stereocenters. The van der Waals surface area contributed by atoms with Crippen molar-refractivity contribution in [2.45, 2.75) is 19.3 Å². The van der Waals surface area contributed by atoms with Crippen LogP contribution in [0.4, 0.5) is 0 Å². The van der Waals surface area contributed by atoms with Gasteiger partial charge in [-0.05, 0) is 31.0 Å². The van der Waals surface area contributed by atoms with Gasteiger partial charge in [0, 0.05) is 16.2 Å². The zero-order valence-electron chi connectivity index (χ0n) is 11.7. The van der Waals surface area contributed by atoms with E-state index in [1.54, 1.807) is 13.0 Å². The van der Waals surface area contributed by atoms with Crippen molar-refractivity contribution in [3.05, 3.63) is 51.9 Å². The van der Waals surface area contributed by atoms with Gasteiger partial charge < -0.3 is 9.84 Å². The monoisotopic (exact) mass is 350 g/mol. The summed E-state index contributed by atoms with van der Waals surface area (Å²) in [4.78, 5) is 20.0. The number of benzene rings is 1. The molecule has 0 bridgehead atoms. The molecule has 0 amide bonds. The number of carboxylic acid groups (broad SMARTS) is 1. The predicted octanol–water partition coefficient (Wildman–Crippen LogP) is 2.97. The first-order valence-electron chi connectivity index (χ1n) is 6.36. The molecule has 0 aliphatic carbocycles. The summed E-state index contributed by atoms with van der Waals surface area (Å²) in [5, 5.41) is 9.48. The fraction of sp³-hybridized carbons (Fsp3) is 0.267. The van der Waals surface area contributed by atoms with Crippen molar-refractivity contribution in [2.24, 2.45) is 0 Å². The Hall–Kier alpha value is -1.95. The summed E-state index contributed by atoms with van der Waals surface area (Å²) in [5.74, 6) is -1.13. The van der Waals surface area contributed by atoms with E-state index in [2.05, 4.69) is 25.9 Å². The highest BCUT2D eigenvalue weighted by atomic mass is 79.9. The average Bonchev–Trinajstić information content (AvgIpc) is 2.43. The lowest BCUT2D eigenvalue weighted by molar-refractivity contribution is -0.139. The zero-order chi connectivity index (χ0) is 15.4. The Labute approximate surface area is 131 Å². The fourth-order valence-corrected chi connectivity index (χ4v) is 2.46. The molecule has 1 aromatic heterocycles. The van der Waals surface area contributed by atoms with Gasteiger partial charge in [-0.15, -0.1) is 0 Å². The molecule has 6 heteroatoms. The van der Waals surface area contributed by atoms with Crippen LogP contribution >= 0.6 is 15.9 Å². The van der Waals surface area contributed by atoms with E-state index in [1.165, 1.54) is 7.11 Å². The largest absolute Gasteiger partial charge is 0.481 e. The molecule has 0 spiro atoms. The number of rotatable bonds is 5. The molecule has 1 atom stereocenters. The second kappa shape index (κ2) is 6.67. The number of nitrogens with zero attached hydrogens (tertiary/aromatic N) is 2. The minimum atomic E-state index is -0.956. The molecule has 0 saturated carbocycles. The molecular weight excluding hydrogens is 336 g/mol. The van der Waals surface area contributed by atoms with Gasteiger partial charge in [0.15, 0.2) is 0 Å². The Morgan fingerprint density at radius 3 is 2.76 bits per heavy atom. The molecule has 2 rings (SSSR count). The van der Waals surface area contributed by atoms with Crippen molar-refractivity contribution < 1.29 is 14.6 Å². The summed E-state index contributed by atoms with van der Waals surface area (Å²) in [6.07, 6.45) is 0.321. The molecule has 0 aliphatic rings. The first kappa shape index (κ1) is 15.4. The number of hydrogen-bond acceptors (Lipinski definition) is 4. The number of ether oxygens (including phenoxy) is 1. The molecule has 0 radical (unpaired) electrons. The van der Waals surface area contributed by atoms with Crippen LogP contribution in [-0.2, 0) is 11.2 Å². The number of carboxylic acids is 1. The lowest BCUT2D eigenvalue weighted by atomic mass is 9.98. The molecular formula is C15H15BrN2O3. The number of hydrogen-bond donors (Lipinski definition) is 1. The highest BCUT2D eigenvalue weighted by Crippen LogP contribution is 2.22. The quantitative estimate of drug-likeness (QED) is 0.897. The highest BCUT2D eigenvalue weighted by molar-refractivity contribution is 9.10. The van der Waals surface area contributed by atoms with Crippen LogP contribution in [0.3, 0.4) is 0 Å². The van der Waals surface area contributed by atoms with Crippen LogP contribution in [0.5, 0.6) is 5.88 Å². The first-order valence-corrected chi connectivity index (χ1v) is 7.15. The molecule has 0 aliphatic heterocycles. The summed E-state index contributed by atoms with van der Waals surface area (Å²) in [6, 6.07) is 9.21. The molecule has 2 aromatic rings. The van der Waals surface area contributed by atoms with E-state index in [0.29, 0.717) is 18.0 Å². The lowest BCUT2D eigenvalue weighted by Crippen LogP contribution is -2.18. The number of aromatic nitrogens is 2. The molecule has 21 heavy (non-hydrogen) atoms. The van der Waals surface area contributed by atoms with E-state index in [1.807, 2.05) is 24.3 Å². The van der Waals surface area contributed by atoms with Crippen molar-refractivity contribution >= 4 is 21.9 Å². The third kappa shape index (κ3) is 4.01. The smallest absolute Gasteiger partial charge is 0.314 e. The average molecular weight is 351 g/mol. The van der Waals surface area contributed by atoms with Crippen LogP contribution in [0, 0.1) is 6.92 Å². The van der Waals surface area contributed by atoms with Gasteiger partial charge in [-0.1, -0.05) is 28.1 Å². The summed E-state index contributed by atoms with van der Waals surface area (Å²) in [6.45, 7) is 1.78. The van der Waals surface area contributed by atoms with Crippen molar-refractivity contribution in [3.63, 3.8) is 0 Å². The lowest BCUT2D eigenvalue weighted by Gasteiger charge is -2.13. The van der Waals surface area contributed by atoms with Gasteiger partial charge in [-0.3, -0.25) is 4.79 Å². The second-order valence-electron chi connectivity index (χ2n) is 4.63. The predicted molar refractivity (Wildman–Crippen MR) is 81.5 cm³/mol. The van der Waals surface area contributed by atoms with Gasteiger partial charge in [0.1, 0.15) is 11.7 Å². The topological polar surface area (TPSA) is 72.3 Å². The number of halogens is 1. The Kier molecular flexibility index (Phi) is 4.90. The van der Waals surface area contributed by atoms with Crippen LogP contribution in [0.2, 0.25) is 0 Å². The van der Waals surface area contributed by atoms with E-state index in [4.69, 9.17) is 4.74 Å². The Morgan fingerprint density at radius 2 is 2.14 bits per heavy atom. The van der Waals surface area contributed by atoms with E-state index >= 15 is 0 Å². The molecule has 5 nitrogen and oxygen atoms in total. The van der Waals surface area contributed by atoms with Gasteiger partial charge in [0.05, 0.1) is 7.11 Å². The number of aliphatic carboxylic acids is 1. The fourth-order valence-electron chi connectivity index (χ4n) is 2.01. The normalized spacial score (nSPS) is 12.0. The minimum absolute atomic E-state index is 0.263. The van der Waals surface area contributed by atoms with E-state index < -0.39 is 11.9 Å². The molecule has 0 fully saturated rings. The maximum atomic E-state index is 11.6. The Balaban J connectivity index is 2.35. The summed E-state index contributed by atoms with van der Waals surface area (Å²) < 4.78 is 5.99. The summed E-state index contributed by atoms with van der Waals surface area (Å²) in [7, 11) is 1.50. The third-order valence-corrected chi connectivity index (χ3v) is 3.49. The molecule has 1 aromatic carbocycles. The second-order valence-corrected chi connectivity index (χ2v) is 5.55. The Morgan fingerprint density at radius 1 is 1.38 bits per heavy atom. The SMILES string of the molecule is COc1cc(C)nc(C(Cc2cccc(Br)c2)C(=O)O)n1. The van der Waals surface area contributed by atoms with E-state index in [0.717, 1.165) is 10.0 Å². The van der Waals surface area contributed by atoms with E-state index in [-0.39, 0.29) is 5.82 Å². The third-order valence-electron chi connectivity index (χ3n) is 3.00. The zero-order valence-corrected chi connectivity index (χ0v) is 13.3. The van der Waals surface area contributed by atoms with Crippen LogP contribution in [0.1, 0.15) is 23.0 Å². The molecule has 1 N–H and O–H groups in total. The van der Waals surface area contributed by atoms with Crippen molar-refractivity contribution in [3.8, 4) is 5.88 Å². The minimum Gasteiger partial charge on any atom is -0.481 e. The summed E-state index contributed by atoms with van der Waals surface area (Å²) in [5.41, 5.74) is 1.58. The van der Waals surface area contributed by atoms with Crippen LogP contribution in [0.15, 0.2) is 34.8 Å². The highest BCUT2D eigenvalue weighted by Gasteiger charge is 2.24. The Bertz CT molecular complexity index is 661. The molecule has 110 valence electrons. The first-order chi connectivity index (χ1) is 9.99. The summed E-state index contributed by atoms with van der Waals surface area (Å²) >= 11 is 3.38. The number of aryl methyl sites for hydroxylation is 1.